The second kappa shape index (κ2) is 11.1. The molecule has 2 amide bonds. The fourth-order valence-electron chi connectivity index (χ4n) is 5.52. The summed E-state index contributed by atoms with van der Waals surface area (Å²) in [6, 6.07) is 8.58. The molecule has 2 aromatic rings. The molecule has 2 aliphatic rings. The first-order valence-corrected chi connectivity index (χ1v) is 14.8. The first-order valence-electron chi connectivity index (χ1n) is 13.2. The van der Waals surface area contributed by atoms with E-state index in [9.17, 15) is 23.3 Å². The summed E-state index contributed by atoms with van der Waals surface area (Å²) in [5.41, 5.74) is 1.83. The monoisotopic (exact) mass is 527 g/mol. The van der Waals surface area contributed by atoms with E-state index in [1.165, 1.54) is 4.31 Å². The van der Waals surface area contributed by atoms with Gasteiger partial charge in [0.15, 0.2) is 0 Å². The average molecular weight is 528 g/mol. The van der Waals surface area contributed by atoms with Gasteiger partial charge in [-0.3, -0.25) is 13.9 Å². The maximum absolute atomic E-state index is 13.4. The van der Waals surface area contributed by atoms with Crippen LogP contribution in [0.5, 0.6) is 0 Å². The van der Waals surface area contributed by atoms with Crippen molar-refractivity contribution in [1.29, 1.82) is 5.26 Å². The highest BCUT2D eigenvalue weighted by molar-refractivity contribution is 7.92. The van der Waals surface area contributed by atoms with E-state index in [-0.39, 0.29) is 35.4 Å². The smallest absolute Gasteiger partial charge is 0.268 e. The predicted octanol–water partition coefficient (Wildman–Crippen LogP) is 3.45. The van der Waals surface area contributed by atoms with Crippen molar-refractivity contribution in [2.75, 3.05) is 16.6 Å². The molecule has 4 rings (SSSR count). The fourth-order valence-corrected chi connectivity index (χ4v) is 7.16. The molecule has 200 valence electrons. The minimum atomic E-state index is -3.33. The molecule has 10 heteroatoms. The molecule has 1 aromatic carbocycles. The number of rotatable bonds is 7. The third-order valence-corrected chi connectivity index (χ3v) is 9.37. The molecule has 2 fully saturated rings. The second-order valence-corrected chi connectivity index (χ2v) is 12.7. The van der Waals surface area contributed by atoms with Gasteiger partial charge >= 0.3 is 0 Å². The Morgan fingerprint density at radius 1 is 1.14 bits per heavy atom. The number of hydrogen-bond donors (Lipinski definition) is 2. The Morgan fingerprint density at radius 2 is 1.89 bits per heavy atom. The Hall–Kier alpha value is -3.06. The van der Waals surface area contributed by atoms with Crippen LogP contribution in [0.15, 0.2) is 24.3 Å². The fraction of sp³-hybridized carbons (Fsp3) is 0.593. The van der Waals surface area contributed by atoms with Crippen LogP contribution >= 0.6 is 0 Å². The van der Waals surface area contributed by atoms with Gasteiger partial charge in [0.25, 0.3) is 5.91 Å². The summed E-state index contributed by atoms with van der Waals surface area (Å²) in [7, 11) is -1.54. The summed E-state index contributed by atoms with van der Waals surface area (Å²) >= 11 is 0. The van der Waals surface area contributed by atoms with E-state index in [4.69, 9.17) is 0 Å². The van der Waals surface area contributed by atoms with Crippen molar-refractivity contribution in [2.45, 2.75) is 70.9 Å². The molecule has 0 bridgehead atoms. The van der Waals surface area contributed by atoms with Crippen LogP contribution in [0.3, 0.4) is 0 Å². The summed E-state index contributed by atoms with van der Waals surface area (Å²) < 4.78 is 28.4. The lowest BCUT2D eigenvalue weighted by Gasteiger charge is -2.32. The number of carbonyl (C=O) groups excluding carboxylic acids is 2. The molecule has 9 nitrogen and oxygen atoms in total. The third kappa shape index (κ3) is 5.93. The quantitative estimate of drug-likeness (QED) is 0.571. The third-order valence-electron chi connectivity index (χ3n) is 7.50. The molecule has 2 heterocycles. The zero-order valence-corrected chi connectivity index (χ0v) is 22.7. The first kappa shape index (κ1) is 27.0. The van der Waals surface area contributed by atoms with E-state index in [0.29, 0.717) is 43.6 Å². The van der Waals surface area contributed by atoms with Crippen LogP contribution in [-0.4, -0.2) is 49.2 Å². The van der Waals surface area contributed by atoms with Crippen molar-refractivity contribution in [1.82, 2.24) is 15.2 Å². The molecule has 1 saturated carbocycles. The minimum Gasteiger partial charge on any atom is -0.347 e. The summed E-state index contributed by atoms with van der Waals surface area (Å²) in [5.74, 6) is -0.398. The number of aryl methyl sites for hydroxylation is 1. The number of sulfonamides is 1. The van der Waals surface area contributed by atoms with Crippen LogP contribution in [0.1, 0.15) is 69.3 Å². The maximum Gasteiger partial charge on any atom is 0.268 e. The number of benzene rings is 1. The highest BCUT2D eigenvalue weighted by atomic mass is 32.2. The largest absolute Gasteiger partial charge is 0.347 e. The Morgan fingerprint density at radius 3 is 2.59 bits per heavy atom. The molecule has 1 aromatic heterocycles. The van der Waals surface area contributed by atoms with Crippen LogP contribution in [0, 0.1) is 23.2 Å². The Bertz CT molecular complexity index is 1310. The molecule has 1 aliphatic carbocycles. The van der Waals surface area contributed by atoms with E-state index in [1.807, 2.05) is 26.0 Å². The molecule has 1 saturated heterocycles. The highest BCUT2D eigenvalue weighted by Crippen LogP contribution is 2.30. The van der Waals surface area contributed by atoms with Gasteiger partial charge in [0.1, 0.15) is 11.7 Å². The van der Waals surface area contributed by atoms with E-state index in [2.05, 4.69) is 16.7 Å². The average Bonchev–Trinajstić information content (AvgIpc) is 3.19. The highest BCUT2D eigenvalue weighted by Gasteiger charge is 2.34. The molecular weight excluding hydrogens is 490 g/mol. The summed E-state index contributed by atoms with van der Waals surface area (Å²) in [6.45, 7) is 4.48. The number of nitrogens with zero attached hydrogens (tertiary/aromatic N) is 3. The van der Waals surface area contributed by atoms with Gasteiger partial charge in [-0.1, -0.05) is 32.8 Å². The zero-order valence-electron chi connectivity index (χ0n) is 21.9. The van der Waals surface area contributed by atoms with E-state index in [1.54, 1.807) is 23.7 Å². The van der Waals surface area contributed by atoms with Crippen molar-refractivity contribution in [2.24, 2.45) is 18.9 Å². The summed E-state index contributed by atoms with van der Waals surface area (Å²) in [5, 5.41) is 16.2. The number of anilines is 1. The molecule has 1 aliphatic heterocycles. The lowest BCUT2D eigenvalue weighted by atomic mass is 9.83. The van der Waals surface area contributed by atoms with Crippen LogP contribution in [0.25, 0.3) is 10.9 Å². The molecule has 0 spiro atoms. The number of carbonyl (C=O) groups is 2. The normalized spacial score (nSPS) is 22.4. The van der Waals surface area contributed by atoms with E-state index >= 15 is 0 Å². The van der Waals surface area contributed by atoms with Crippen LogP contribution < -0.4 is 14.9 Å². The van der Waals surface area contributed by atoms with Gasteiger partial charge in [-0.25, -0.2) is 8.42 Å². The molecule has 3 unspecified atom stereocenters. The van der Waals surface area contributed by atoms with Gasteiger partial charge in [-0.2, -0.15) is 5.26 Å². The summed E-state index contributed by atoms with van der Waals surface area (Å²) in [6.07, 6.45) is 5.27. The number of nitrogens with one attached hydrogen (secondary N) is 2. The van der Waals surface area contributed by atoms with Crippen LogP contribution in [-0.2, 0) is 21.9 Å². The SMILES string of the molecule is CC(C)CC(C#N)NC(=O)C1CCCCC1NC(=O)c1cc2ccc(N3CCCCS3(=O)=O)cc2n1C. The predicted molar refractivity (Wildman–Crippen MR) is 143 cm³/mol. The summed E-state index contributed by atoms with van der Waals surface area (Å²) in [4.78, 5) is 26.4. The van der Waals surface area contributed by atoms with Gasteiger partial charge in [0, 0.05) is 25.0 Å². The topological polar surface area (TPSA) is 124 Å². The van der Waals surface area contributed by atoms with Crippen molar-refractivity contribution < 1.29 is 18.0 Å². The molecular formula is C27H37N5O4S. The van der Waals surface area contributed by atoms with Crippen molar-refractivity contribution in [3.05, 3.63) is 30.0 Å². The lowest BCUT2D eigenvalue weighted by Crippen LogP contribution is -2.50. The van der Waals surface area contributed by atoms with Gasteiger partial charge in [0.2, 0.25) is 15.9 Å². The van der Waals surface area contributed by atoms with Crippen molar-refractivity contribution in [3.8, 4) is 6.07 Å². The minimum absolute atomic E-state index is 0.147. The van der Waals surface area contributed by atoms with Crippen molar-refractivity contribution >= 4 is 38.4 Å². The lowest BCUT2D eigenvalue weighted by molar-refractivity contribution is -0.127. The maximum atomic E-state index is 13.4. The number of fused-ring (bicyclic) bond motifs is 1. The molecule has 2 N–H and O–H groups in total. The van der Waals surface area contributed by atoms with Gasteiger partial charge in [-0.05, 0) is 56.2 Å². The Labute approximate surface area is 219 Å². The number of aromatic nitrogens is 1. The van der Waals surface area contributed by atoms with Crippen LogP contribution in [0.2, 0.25) is 0 Å². The zero-order chi connectivity index (χ0) is 26.7. The Kier molecular flexibility index (Phi) is 8.12. The van der Waals surface area contributed by atoms with Crippen molar-refractivity contribution in [3.63, 3.8) is 0 Å². The number of amides is 2. The van der Waals surface area contributed by atoms with E-state index < -0.39 is 16.1 Å². The number of hydrogen-bond acceptors (Lipinski definition) is 5. The standard InChI is InChI=1S/C27H37N5O4S/c1-18(2)14-20(17-28)29-26(33)22-8-4-5-9-23(22)30-27(34)25-15-19-10-11-21(16-24(19)31(25)3)32-12-6-7-13-37(32,35)36/h10-11,15-16,18,20,22-23H,4-9,12-14H2,1-3H3,(H,29,33)(H,30,34). The second-order valence-electron chi connectivity index (χ2n) is 10.7. The van der Waals surface area contributed by atoms with Gasteiger partial charge < -0.3 is 15.2 Å². The molecule has 37 heavy (non-hydrogen) atoms. The van der Waals surface area contributed by atoms with Gasteiger partial charge in [0.05, 0.1) is 28.9 Å². The van der Waals surface area contributed by atoms with Crippen LogP contribution in [0.4, 0.5) is 5.69 Å². The number of nitriles is 1. The molecule has 3 atom stereocenters. The van der Waals surface area contributed by atoms with E-state index in [0.717, 1.165) is 30.2 Å². The Balaban J connectivity index is 1.52. The molecule has 0 radical (unpaired) electrons. The first-order chi connectivity index (χ1) is 17.6. The van der Waals surface area contributed by atoms with Gasteiger partial charge in [-0.15, -0.1) is 0 Å².